The third-order valence-corrected chi connectivity index (χ3v) is 4.69. The SMILES string of the molecule is CC(C)n1cnnc1CC1CCN(C(=O)Nc2ccccc2F)CC1. The van der Waals surface area contributed by atoms with Gasteiger partial charge < -0.3 is 14.8 Å². The van der Waals surface area contributed by atoms with Crippen LogP contribution in [0.1, 0.15) is 38.6 Å². The molecule has 1 aromatic carbocycles. The molecule has 2 amide bonds. The number of para-hydroxylation sites is 1. The van der Waals surface area contributed by atoms with Gasteiger partial charge in [-0.3, -0.25) is 0 Å². The fourth-order valence-electron chi connectivity index (χ4n) is 3.20. The van der Waals surface area contributed by atoms with Crippen LogP contribution in [0.25, 0.3) is 0 Å². The number of halogens is 1. The van der Waals surface area contributed by atoms with Gasteiger partial charge in [0.25, 0.3) is 0 Å². The van der Waals surface area contributed by atoms with Gasteiger partial charge in [0.15, 0.2) is 0 Å². The van der Waals surface area contributed by atoms with E-state index < -0.39 is 5.82 Å². The molecule has 1 saturated heterocycles. The molecule has 0 bridgehead atoms. The molecule has 2 aromatic rings. The van der Waals surface area contributed by atoms with Crippen LogP contribution in [0, 0.1) is 11.7 Å². The molecule has 1 aliphatic heterocycles. The van der Waals surface area contributed by atoms with E-state index in [-0.39, 0.29) is 11.7 Å². The molecule has 0 aliphatic carbocycles. The molecule has 0 radical (unpaired) electrons. The first-order chi connectivity index (χ1) is 12.0. The highest BCUT2D eigenvalue weighted by Gasteiger charge is 2.25. The minimum atomic E-state index is -0.418. The topological polar surface area (TPSA) is 63.1 Å². The van der Waals surface area contributed by atoms with Crippen molar-refractivity contribution in [3.05, 3.63) is 42.2 Å². The standard InChI is InChI=1S/C18H24FN5O/c1-13(2)24-12-20-22-17(24)11-14-7-9-23(10-8-14)18(25)21-16-6-4-3-5-15(16)19/h3-6,12-14H,7-11H2,1-2H3,(H,21,25). The van der Waals surface area contributed by atoms with E-state index in [0.29, 0.717) is 25.0 Å². The van der Waals surface area contributed by atoms with Gasteiger partial charge in [-0.05, 0) is 44.7 Å². The lowest BCUT2D eigenvalue weighted by molar-refractivity contribution is 0.181. The van der Waals surface area contributed by atoms with Crippen LogP contribution in [0.2, 0.25) is 0 Å². The van der Waals surface area contributed by atoms with Gasteiger partial charge in [0.05, 0.1) is 5.69 Å². The number of piperidine rings is 1. The number of carbonyl (C=O) groups excluding carboxylic acids is 1. The van der Waals surface area contributed by atoms with Crippen molar-refractivity contribution in [3.63, 3.8) is 0 Å². The largest absolute Gasteiger partial charge is 0.325 e. The molecular weight excluding hydrogens is 321 g/mol. The van der Waals surface area contributed by atoms with Crippen molar-refractivity contribution in [1.29, 1.82) is 0 Å². The van der Waals surface area contributed by atoms with Crippen LogP contribution in [0.3, 0.4) is 0 Å². The lowest BCUT2D eigenvalue weighted by Crippen LogP contribution is -2.41. The van der Waals surface area contributed by atoms with Gasteiger partial charge in [-0.2, -0.15) is 0 Å². The second-order valence-electron chi connectivity index (χ2n) is 6.79. The third-order valence-electron chi connectivity index (χ3n) is 4.69. The Morgan fingerprint density at radius 2 is 2.04 bits per heavy atom. The zero-order valence-corrected chi connectivity index (χ0v) is 14.7. The second kappa shape index (κ2) is 7.63. The van der Waals surface area contributed by atoms with Crippen molar-refractivity contribution in [2.45, 2.75) is 39.2 Å². The molecular formula is C18H24FN5O. The molecule has 1 aromatic heterocycles. The number of urea groups is 1. The summed E-state index contributed by atoms with van der Waals surface area (Å²) >= 11 is 0. The van der Waals surface area contributed by atoms with Crippen molar-refractivity contribution in [2.75, 3.05) is 18.4 Å². The zero-order chi connectivity index (χ0) is 17.8. The van der Waals surface area contributed by atoms with E-state index in [2.05, 4.69) is 33.9 Å². The summed E-state index contributed by atoms with van der Waals surface area (Å²) in [5.74, 6) is 1.07. The number of hydrogen-bond acceptors (Lipinski definition) is 3. The molecule has 0 unspecified atom stereocenters. The van der Waals surface area contributed by atoms with E-state index in [1.807, 2.05) is 0 Å². The Bertz CT molecular complexity index is 722. The normalized spacial score (nSPS) is 15.6. The number of nitrogens with one attached hydrogen (secondary N) is 1. The number of likely N-dealkylation sites (tertiary alicyclic amines) is 1. The highest BCUT2D eigenvalue weighted by molar-refractivity contribution is 5.89. The minimum Gasteiger partial charge on any atom is -0.325 e. The summed E-state index contributed by atoms with van der Waals surface area (Å²) in [6, 6.07) is 6.32. The van der Waals surface area contributed by atoms with Crippen LogP contribution in [0.5, 0.6) is 0 Å². The van der Waals surface area contributed by atoms with Crippen LogP contribution in [-0.4, -0.2) is 38.8 Å². The zero-order valence-electron chi connectivity index (χ0n) is 14.7. The van der Waals surface area contributed by atoms with Crippen LogP contribution in [0.15, 0.2) is 30.6 Å². The Morgan fingerprint density at radius 1 is 1.32 bits per heavy atom. The van der Waals surface area contributed by atoms with E-state index in [4.69, 9.17) is 0 Å². The number of hydrogen-bond donors (Lipinski definition) is 1. The molecule has 1 N–H and O–H groups in total. The lowest BCUT2D eigenvalue weighted by Gasteiger charge is -2.32. The summed E-state index contributed by atoms with van der Waals surface area (Å²) in [6.07, 6.45) is 4.48. The molecule has 6 nitrogen and oxygen atoms in total. The van der Waals surface area contributed by atoms with Gasteiger partial charge in [0.2, 0.25) is 0 Å². The maximum atomic E-state index is 13.6. The van der Waals surface area contributed by atoms with Gasteiger partial charge in [0.1, 0.15) is 18.0 Å². The molecule has 2 heterocycles. The summed E-state index contributed by atoms with van der Waals surface area (Å²) in [7, 11) is 0. The summed E-state index contributed by atoms with van der Waals surface area (Å²) in [5, 5.41) is 10.9. The number of anilines is 1. The number of nitrogens with zero attached hydrogens (tertiary/aromatic N) is 4. The van der Waals surface area contributed by atoms with E-state index in [0.717, 1.165) is 25.1 Å². The van der Waals surface area contributed by atoms with Crippen molar-refractivity contribution < 1.29 is 9.18 Å². The molecule has 0 atom stereocenters. The Hall–Kier alpha value is -2.44. The number of rotatable bonds is 4. The molecule has 1 aliphatic rings. The van der Waals surface area contributed by atoms with Crippen molar-refractivity contribution in [2.24, 2.45) is 5.92 Å². The molecule has 3 rings (SSSR count). The van der Waals surface area contributed by atoms with Gasteiger partial charge in [-0.1, -0.05) is 12.1 Å². The quantitative estimate of drug-likeness (QED) is 0.923. The number of carbonyl (C=O) groups is 1. The Kier molecular flexibility index (Phi) is 5.31. The Morgan fingerprint density at radius 3 is 2.72 bits per heavy atom. The van der Waals surface area contributed by atoms with Crippen LogP contribution in [0.4, 0.5) is 14.9 Å². The first-order valence-corrected chi connectivity index (χ1v) is 8.73. The van der Waals surface area contributed by atoms with Crippen LogP contribution >= 0.6 is 0 Å². The minimum absolute atomic E-state index is 0.222. The molecule has 25 heavy (non-hydrogen) atoms. The molecule has 134 valence electrons. The number of aromatic nitrogens is 3. The van der Waals surface area contributed by atoms with Crippen molar-refractivity contribution >= 4 is 11.7 Å². The van der Waals surface area contributed by atoms with Crippen molar-refractivity contribution in [3.8, 4) is 0 Å². The van der Waals surface area contributed by atoms with E-state index in [1.54, 1.807) is 29.4 Å². The van der Waals surface area contributed by atoms with Crippen molar-refractivity contribution in [1.82, 2.24) is 19.7 Å². The number of amides is 2. The maximum Gasteiger partial charge on any atom is 0.321 e. The third kappa shape index (κ3) is 4.15. The fraction of sp³-hybridized carbons (Fsp3) is 0.500. The van der Waals surface area contributed by atoms with Gasteiger partial charge >= 0.3 is 6.03 Å². The molecule has 1 fully saturated rings. The monoisotopic (exact) mass is 345 g/mol. The predicted octanol–water partition coefficient (Wildman–Crippen LogP) is 3.48. The first kappa shape index (κ1) is 17.4. The van der Waals surface area contributed by atoms with E-state index >= 15 is 0 Å². The van der Waals surface area contributed by atoms with Crippen LogP contribution in [-0.2, 0) is 6.42 Å². The van der Waals surface area contributed by atoms with Gasteiger partial charge in [-0.25, -0.2) is 9.18 Å². The van der Waals surface area contributed by atoms with E-state index in [1.165, 1.54) is 6.07 Å². The highest BCUT2D eigenvalue weighted by atomic mass is 19.1. The second-order valence-corrected chi connectivity index (χ2v) is 6.79. The highest BCUT2D eigenvalue weighted by Crippen LogP contribution is 2.23. The van der Waals surface area contributed by atoms with E-state index in [9.17, 15) is 9.18 Å². The van der Waals surface area contributed by atoms with Gasteiger partial charge in [0, 0.05) is 25.6 Å². The first-order valence-electron chi connectivity index (χ1n) is 8.73. The maximum absolute atomic E-state index is 13.6. The predicted molar refractivity (Wildman–Crippen MR) is 93.8 cm³/mol. The molecule has 0 spiro atoms. The average molecular weight is 345 g/mol. The average Bonchev–Trinajstić information content (AvgIpc) is 3.06. The fourth-order valence-corrected chi connectivity index (χ4v) is 3.20. The molecule has 7 heteroatoms. The molecule has 0 saturated carbocycles. The summed E-state index contributed by atoms with van der Waals surface area (Å²) in [5.41, 5.74) is 0.222. The summed E-state index contributed by atoms with van der Waals surface area (Å²) in [6.45, 7) is 5.56. The smallest absolute Gasteiger partial charge is 0.321 e. The van der Waals surface area contributed by atoms with Crippen LogP contribution < -0.4 is 5.32 Å². The Labute approximate surface area is 147 Å². The van der Waals surface area contributed by atoms with Gasteiger partial charge in [-0.15, -0.1) is 10.2 Å². The Balaban J connectivity index is 1.52. The summed E-state index contributed by atoms with van der Waals surface area (Å²) in [4.78, 5) is 14.1. The summed E-state index contributed by atoms with van der Waals surface area (Å²) < 4.78 is 15.7. The lowest BCUT2D eigenvalue weighted by atomic mass is 9.93. The number of benzene rings is 1.